The first-order valence-electron chi connectivity index (χ1n) is 6.97. The number of hydrogen-bond acceptors (Lipinski definition) is 5. The molecule has 0 fully saturated rings. The van der Waals surface area contributed by atoms with Crippen molar-refractivity contribution in [2.24, 2.45) is 0 Å². The maximum Gasteiger partial charge on any atom is 0.203 e. The summed E-state index contributed by atoms with van der Waals surface area (Å²) in [6.07, 6.45) is 3.16. The van der Waals surface area contributed by atoms with E-state index in [1.54, 1.807) is 49.6 Å². The lowest BCUT2D eigenvalue weighted by atomic mass is 10.1. The summed E-state index contributed by atoms with van der Waals surface area (Å²) in [5.41, 5.74) is 7.52. The fourth-order valence-corrected chi connectivity index (χ4v) is 2.16. The molecule has 0 spiro atoms. The third-order valence-electron chi connectivity index (χ3n) is 3.34. The highest BCUT2D eigenvalue weighted by Crippen LogP contribution is 2.40. The Bertz CT molecular complexity index is 721. The number of methoxy groups -OCH3 is 3. The van der Waals surface area contributed by atoms with E-state index in [0.29, 0.717) is 34.1 Å². The number of ether oxygens (including phenoxy) is 3. The smallest absolute Gasteiger partial charge is 0.203 e. The molecule has 0 saturated carbocycles. The van der Waals surface area contributed by atoms with Crippen LogP contribution in [-0.2, 0) is 0 Å². The zero-order valence-corrected chi connectivity index (χ0v) is 13.3. The van der Waals surface area contributed by atoms with Gasteiger partial charge in [-0.3, -0.25) is 4.79 Å². The largest absolute Gasteiger partial charge is 0.493 e. The molecule has 120 valence electrons. The van der Waals surface area contributed by atoms with Gasteiger partial charge < -0.3 is 19.9 Å². The van der Waals surface area contributed by atoms with E-state index in [0.717, 1.165) is 0 Å². The molecule has 0 saturated heterocycles. The van der Waals surface area contributed by atoms with E-state index in [1.807, 2.05) is 0 Å². The van der Waals surface area contributed by atoms with Crippen molar-refractivity contribution in [3.05, 3.63) is 53.6 Å². The van der Waals surface area contributed by atoms with Crippen molar-refractivity contribution in [3.63, 3.8) is 0 Å². The van der Waals surface area contributed by atoms with E-state index in [1.165, 1.54) is 20.3 Å². The number of anilines is 1. The van der Waals surface area contributed by atoms with Crippen LogP contribution in [-0.4, -0.2) is 27.1 Å². The first kappa shape index (κ1) is 16.4. The molecule has 0 aliphatic carbocycles. The summed E-state index contributed by atoms with van der Waals surface area (Å²) in [5.74, 6) is 1.43. The average Bonchev–Trinajstić information content (AvgIpc) is 2.59. The molecule has 0 unspecified atom stereocenters. The third-order valence-corrected chi connectivity index (χ3v) is 3.34. The summed E-state index contributed by atoms with van der Waals surface area (Å²) >= 11 is 0. The van der Waals surface area contributed by atoms with Crippen LogP contribution in [0, 0.1) is 0 Å². The molecule has 0 aromatic heterocycles. The molecule has 5 heteroatoms. The zero-order valence-electron chi connectivity index (χ0n) is 13.3. The van der Waals surface area contributed by atoms with Crippen molar-refractivity contribution in [1.29, 1.82) is 0 Å². The van der Waals surface area contributed by atoms with Gasteiger partial charge in [-0.1, -0.05) is 0 Å². The maximum absolute atomic E-state index is 12.2. The van der Waals surface area contributed by atoms with Crippen LogP contribution in [0.3, 0.4) is 0 Å². The minimum atomic E-state index is -0.123. The number of benzene rings is 2. The van der Waals surface area contributed by atoms with E-state index in [2.05, 4.69) is 0 Å². The van der Waals surface area contributed by atoms with Gasteiger partial charge in [-0.15, -0.1) is 0 Å². The van der Waals surface area contributed by atoms with Crippen LogP contribution in [0.2, 0.25) is 0 Å². The van der Waals surface area contributed by atoms with Crippen molar-refractivity contribution < 1.29 is 19.0 Å². The van der Waals surface area contributed by atoms with Gasteiger partial charge in [-0.25, -0.2) is 0 Å². The third kappa shape index (κ3) is 3.63. The fraction of sp³-hybridized carbons (Fsp3) is 0.167. The van der Waals surface area contributed by atoms with Crippen molar-refractivity contribution in [2.75, 3.05) is 27.1 Å². The van der Waals surface area contributed by atoms with Crippen LogP contribution in [0.5, 0.6) is 17.2 Å². The first-order valence-corrected chi connectivity index (χ1v) is 6.97. The molecule has 2 aromatic rings. The van der Waals surface area contributed by atoms with Crippen molar-refractivity contribution in [2.45, 2.75) is 0 Å². The minimum absolute atomic E-state index is 0.123. The topological polar surface area (TPSA) is 70.8 Å². The fourth-order valence-electron chi connectivity index (χ4n) is 2.16. The molecule has 0 bridgehead atoms. The predicted molar refractivity (Wildman–Crippen MR) is 90.3 cm³/mol. The van der Waals surface area contributed by atoms with Gasteiger partial charge in [0.15, 0.2) is 17.3 Å². The van der Waals surface area contributed by atoms with Crippen molar-refractivity contribution >= 4 is 17.5 Å². The number of nitrogens with two attached hydrogens (primary N) is 1. The molecule has 0 amide bonds. The summed E-state index contributed by atoms with van der Waals surface area (Å²) < 4.78 is 15.9. The van der Waals surface area contributed by atoms with Gasteiger partial charge in [-0.05, 0) is 48.6 Å². The van der Waals surface area contributed by atoms with Gasteiger partial charge in [-0.2, -0.15) is 0 Å². The number of rotatable bonds is 6. The average molecular weight is 313 g/mol. The van der Waals surface area contributed by atoms with Gasteiger partial charge in [0.25, 0.3) is 0 Å². The number of carbonyl (C=O) groups is 1. The van der Waals surface area contributed by atoms with Crippen LogP contribution >= 0.6 is 0 Å². The Hall–Kier alpha value is -2.95. The molecule has 2 rings (SSSR count). The molecule has 2 N–H and O–H groups in total. The highest BCUT2D eigenvalue weighted by atomic mass is 16.5. The summed E-state index contributed by atoms with van der Waals surface area (Å²) in [7, 11) is 4.63. The van der Waals surface area contributed by atoms with Gasteiger partial charge >= 0.3 is 0 Å². The molecule has 0 atom stereocenters. The summed E-state index contributed by atoms with van der Waals surface area (Å²) in [4.78, 5) is 12.2. The number of carbonyl (C=O) groups excluding carboxylic acids is 1. The van der Waals surface area contributed by atoms with E-state index in [-0.39, 0.29) is 5.78 Å². The van der Waals surface area contributed by atoms with Gasteiger partial charge in [0.1, 0.15) is 0 Å². The highest BCUT2D eigenvalue weighted by Gasteiger charge is 2.14. The number of allylic oxidation sites excluding steroid dienone is 1. The second-order valence-corrected chi connectivity index (χ2v) is 4.74. The standard InChI is InChI=1S/C18H19NO4/c1-21-16-11-7-13(17(22-2)18(16)23-3)6-10-15(20)12-4-8-14(19)9-5-12/h4-11H,19H2,1-3H3/b10-6+. The van der Waals surface area contributed by atoms with Crippen LogP contribution in [0.25, 0.3) is 6.08 Å². The Morgan fingerprint density at radius 2 is 1.57 bits per heavy atom. The molecule has 23 heavy (non-hydrogen) atoms. The SMILES string of the molecule is COc1ccc(/C=C/C(=O)c2ccc(N)cc2)c(OC)c1OC. The Kier molecular flexibility index (Phi) is 5.25. The zero-order chi connectivity index (χ0) is 16.8. The van der Waals surface area contributed by atoms with E-state index in [4.69, 9.17) is 19.9 Å². The molecule has 5 nitrogen and oxygen atoms in total. The van der Waals surface area contributed by atoms with E-state index in [9.17, 15) is 4.79 Å². The van der Waals surface area contributed by atoms with Crippen LogP contribution < -0.4 is 19.9 Å². The van der Waals surface area contributed by atoms with Gasteiger partial charge in [0.2, 0.25) is 5.75 Å². The van der Waals surface area contributed by atoms with Crippen molar-refractivity contribution in [3.8, 4) is 17.2 Å². The second-order valence-electron chi connectivity index (χ2n) is 4.74. The second kappa shape index (κ2) is 7.35. The van der Waals surface area contributed by atoms with Crippen LogP contribution in [0.15, 0.2) is 42.5 Å². The summed E-state index contributed by atoms with van der Waals surface area (Å²) in [5, 5.41) is 0. The number of nitrogen functional groups attached to an aromatic ring is 1. The Labute approximate surface area is 135 Å². The Morgan fingerprint density at radius 1 is 0.913 bits per heavy atom. The summed E-state index contributed by atoms with van der Waals surface area (Å²) in [6, 6.07) is 10.3. The highest BCUT2D eigenvalue weighted by molar-refractivity contribution is 6.07. The van der Waals surface area contributed by atoms with E-state index < -0.39 is 0 Å². The summed E-state index contributed by atoms with van der Waals surface area (Å²) in [6.45, 7) is 0. The molecule has 0 radical (unpaired) electrons. The molecular weight excluding hydrogens is 294 g/mol. The molecule has 0 aliphatic heterocycles. The number of ketones is 1. The van der Waals surface area contributed by atoms with Crippen LogP contribution in [0.1, 0.15) is 15.9 Å². The Morgan fingerprint density at radius 3 is 2.13 bits per heavy atom. The predicted octanol–water partition coefficient (Wildman–Crippen LogP) is 3.19. The normalized spacial score (nSPS) is 10.6. The lowest BCUT2D eigenvalue weighted by Crippen LogP contribution is -1.97. The first-order chi connectivity index (χ1) is 11.1. The molecule has 0 aliphatic rings. The maximum atomic E-state index is 12.2. The van der Waals surface area contributed by atoms with E-state index >= 15 is 0 Å². The molecular formula is C18H19NO4. The van der Waals surface area contributed by atoms with Gasteiger partial charge in [0, 0.05) is 16.8 Å². The Balaban J connectivity index is 2.32. The lowest BCUT2D eigenvalue weighted by Gasteiger charge is -2.13. The molecule has 0 heterocycles. The number of hydrogen-bond donors (Lipinski definition) is 1. The molecule has 2 aromatic carbocycles. The quantitative estimate of drug-likeness (QED) is 0.504. The van der Waals surface area contributed by atoms with Gasteiger partial charge in [0.05, 0.1) is 21.3 Å². The monoisotopic (exact) mass is 313 g/mol. The lowest BCUT2D eigenvalue weighted by molar-refractivity contribution is 0.104. The van der Waals surface area contributed by atoms with Crippen molar-refractivity contribution in [1.82, 2.24) is 0 Å². The minimum Gasteiger partial charge on any atom is -0.493 e. The van der Waals surface area contributed by atoms with Crippen LogP contribution in [0.4, 0.5) is 5.69 Å².